The summed E-state index contributed by atoms with van der Waals surface area (Å²) in [6.07, 6.45) is -0.333. The molecule has 2 unspecified atom stereocenters. The molecule has 0 bridgehead atoms. The van der Waals surface area contributed by atoms with Gasteiger partial charge in [-0.05, 0) is 50.8 Å². The lowest BCUT2D eigenvalue weighted by atomic mass is 10.0. The second-order valence-corrected chi connectivity index (χ2v) is 5.67. The van der Waals surface area contributed by atoms with E-state index in [1.54, 1.807) is 31.4 Å². The second kappa shape index (κ2) is 7.79. The van der Waals surface area contributed by atoms with Gasteiger partial charge in [0.2, 0.25) is 0 Å². The first-order chi connectivity index (χ1) is 11.0. The Bertz CT molecular complexity index is 623. The van der Waals surface area contributed by atoms with Crippen LogP contribution in [0, 0.1) is 0 Å². The zero-order valence-electron chi connectivity index (χ0n) is 14.0. The van der Waals surface area contributed by atoms with Gasteiger partial charge in [0.15, 0.2) is 0 Å². The lowest BCUT2D eigenvalue weighted by Crippen LogP contribution is -2.33. The maximum atomic E-state index is 12.5. The summed E-state index contributed by atoms with van der Waals surface area (Å²) in [5.74, 6) is 0.373. The van der Waals surface area contributed by atoms with Crippen LogP contribution in [0.25, 0.3) is 0 Å². The minimum atomic E-state index is -0.338. The molecule has 2 rings (SSSR count). The predicted octanol–water partition coefficient (Wildman–Crippen LogP) is 3.54. The fourth-order valence-corrected chi connectivity index (χ4v) is 2.27. The van der Waals surface area contributed by atoms with E-state index in [2.05, 4.69) is 0 Å². The molecule has 122 valence electrons. The number of ether oxygens (including phenoxy) is 2. The fourth-order valence-electron chi connectivity index (χ4n) is 2.27. The second-order valence-electron chi connectivity index (χ2n) is 5.67. The maximum absolute atomic E-state index is 12.5. The number of nitrogens with zero attached hydrogens (tertiary/aromatic N) is 1. The monoisotopic (exact) mass is 313 g/mol. The van der Waals surface area contributed by atoms with E-state index in [4.69, 9.17) is 9.47 Å². The van der Waals surface area contributed by atoms with Gasteiger partial charge in [0, 0.05) is 6.04 Å². The molecule has 4 nitrogen and oxygen atoms in total. The highest BCUT2D eigenvalue weighted by Gasteiger charge is 2.25. The first kappa shape index (κ1) is 17.0. The van der Waals surface area contributed by atoms with Crippen molar-refractivity contribution in [2.75, 3.05) is 21.2 Å². The number of carbonyl (C=O) groups excluding carboxylic acids is 1. The van der Waals surface area contributed by atoms with Gasteiger partial charge in [0.25, 0.3) is 0 Å². The van der Waals surface area contributed by atoms with Crippen LogP contribution in [0.1, 0.15) is 28.9 Å². The van der Waals surface area contributed by atoms with Crippen molar-refractivity contribution in [2.45, 2.75) is 19.1 Å². The topological polar surface area (TPSA) is 38.8 Å². The van der Waals surface area contributed by atoms with Crippen molar-refractivity contribution >= 4 is 5.97 Å². The van der Waals surface area contributed by atoms with Crippen molar-refractivity contribution in [3.05, 3.63) is 65.7 Å². The molecular weight excluding hydrogens is 290 g/mol. The third kappa shape index (κ3) is 4.33. The van der Waals surface area contributed by atoms with Crippen molar-refractivity contribution in [1.29, 1.82) is 0 Å². The molecule has 0 aliphatic heterocycles. The summed E-state index contributed by atoms with van der Waals surface area (Å²) in [6.45, 7) is 2.04. The van der Waals surface area contributed by atoms with Crippen molar-refractivity contribution in [3.63, 3.8) is 0 Å². The molecule has 0 aliphatic carbocycles. The van der Waals surface area contributed by atoms with Crippen LogP contribution in [0.4, 0.5) is 0 Å². The first-order valence-corrected chi connectivity index (χ1v) is 7.59. The largest absolute Gasteiger partial charge is 0.497 e. The highest BCUT2D eigenvalue weighted by molar-refractivity contribution is 5.89. The molecule has 0 N–H and O–H groups in total. The SMILES string of the molecule is COc1ccc(C(=O)OC(c2ccccc2)C(C)N(C)C)cc1. The average Bonchev–Trinajstić information content (AvgIpc) is 2.59. The predicted molar refractivity (Wildman–Crippen MR) is 90.7 cm³/mol. The summed E-state index contributed by atoms with van der Waals surface area (Å²) < 4.78 is 10.9. The Balaban J connectivity index is 2.21. The zero-order chi connectivity index (χ0) is 16.8. The fraction of sp³-hybridized carbons (Fsp3) is 0.316. The highest BCUT2D eigenvalue weighted by Crippen LogP contribution is 2.25. The van der Waals surface area contributed by atoms with Crippen LogP contribution >= 0.6 is 0 Å². The lowest BCUT2D eigenvalue weighted by molar-refractivity contribution is 0.00886. The van der Waals surface area contributed by atoms with Crippen LogP contribution in [0.3, 0.4) is 0 Å². The van der Waals surface area contributed by atoms with Gasteiger partial charge in [-0.2, -0.15) is 0 Å². The van der Waals surface area contributed by atoms with Crippen molar-refractivity contribution in [2.24, 2.45) is 0 Å². The van der Waals surface area contributed by atoms with Crippen LogP contribution in [-0.4, -0.2) is 38.1 Å². The van der Waals surface area contributed by atoms with E-state index in [1.807, 2.05) is 56.3 Å². The molecule has 2 aromatic rings. The number of rotatable bonds is 6. The van der Waals surface area contributed by atoms with Crippen LogP contribution < -0.4 is 4.74 Å². The summed E-state index contributed by atoms with van der Waals surface area (Å²) in [6, 6.07) is 16.8. The van der Waals surface area contributed by atoms with Crippen molar-refractivity contribution in [1.82, 2.24) is 4.90 Å². The number of methoxy groups -OCH3 is 1. The van der Waals surface area contributed by atoms with Gasteiger partial charge in [-0.1, -0.05) is 30.3 Å². The Hall–Kier alpha value is -2.33. The number of carbonyl (C=O) groups is 1. The number of benzene rings is 2. The molecule has 0 aliphatic rings. The molecule has 0 fully saturated rings. The summed E-state index contributed by atoms with van der Waals surface area (Å²) in [7, 11) is 5.54. The Morgan fingerprint density at radius 2 is 1.61 bits per heavy atom. The number of esters is 1. The van der Waals surface area contributed by atoms with Crippen LogP contribution in [0.5, 0.6) is 5.75 Å². The standard InChI is InChI=1S/C19H23NO3/c1-14(20(2)3)18(15-8-6-5-7-9-15)23-19(21)16-10-12-17(22-4)13-11-16/h5-14,18H,1-4H3. The molecule has 4 heteroatoms. The van der Waals surface area contributed by atoms with Crippen LogP contribution in [0.2, 0.25) is 0 Å². The van der Waals surface area contributed by atoms with Gasteiger partial charge in [-0.25, -0.2) is 4.79 Å². The minimum Gasteiger partial charge on any atom is -0.497 e. The highest BCUT2D eigenvalue weighted by atomic mass is 16.5. The molecule has 0 amide bonds. The quantitative estimate of drug-likeness (QED) is 0.765. The summed E-state index contributed by atoms with van der Waals surface area (Å²) in [4.78, 5) is 14.5. The van der Waals surface area contributed by atoms with Gasteiger partial charge in [0.05, 0.1) is 12.7 Å². The summed E-state index contributed by atoms with van der Waals surface area (Å²) in [5, 5.41) is 0. The van der Waals surface area contributed by atoms with Crippen molar-refractivity contribution < 1.29 is 14.3 Å². The normalized spacial score (nSPS) is 13.4. The van der Waals surface area contributed by atoms with E-state index in [-0.39, 0.29) is 18.1 Å². The maximum Gasteiger partial charge on any atom is 0.338 e. The van der Waals surface area contributed by atoms with Gasteiger partial charge < -0.3 is 14.4 Å². The van der Waals surface area contributed by atoms with E-state index in [0.29, 0.717) is 11.3 Å². The molecule has 2 atom stereocenters. The van der Waals surface area contributed by atoms with Gasteiger partial charge >= 0.3 is 5.97 Å². The molecule has 2 aromatic carbocycles. The zero-order valence-corrected chi connectivity index (χ0v) is 14.0. The molecule has 0 radical (unpaired) electrons. The average molecular weight is 313 g/mol. The number of hydrogen-bond donors (Lipinski definition) is 0. The molecule has 0 heterocycles. The van der Waals surface area contributed by atoms with Gasteiger partial charge in [-0.3, -0.25) is 0 Å². The molecule has 0 saturated carbocycles. The minimum absolute atomic E-state index is 0.0552. The smallest absolute Gasteiger partial charge is 0.338 e. The Kier molecular flexibility index (Phi) is 5.77. The van der Waals surface area contributed by atoms with E-state index in [0.717, 1.165) is 5.56 Å². The van der Waals surface area contributed by atoms with Crippen LogP contribution in [-0.2, 0) is 4.74 Å². The molecule has 0 saturated heterocycles. The van der Waals surface area contributed by atoms with Crippen molar-refractivity contribution in [3.8, 4) is 5.75 Å². The molecular formula is C19H23NO3. The van der Waals surface area contributed by atoms with E-state index in [9.17, 15) is 4.79 Å². The Morgan fingerprint density at radius 1 is 1.00 bits per heavy atom. The number of hydrogen-bond acceptors (Lipinski definition) is 4. The first-order valence-electron chi connectivity index (χ1n) is 7.59. The van der Waals surface area contributed by atoms with Crippen LogP contribution in [0.15, 0.2) is 54.6 Å². The summed E-state index contributed by atoms with van der Waals surface area (Å²) >= 11 is 0. The van der Waals surface area contributed by atoms with Gasteiger partial charge in [0.1, 0.15) is 11.9 Å². The van der Waals surface area contributed by atoms with Gasteiger partial charge in [-0.15, -0.1) is 0 Å². The molecule has 23 heavy (non-hydrogen) atoms. The van der Waals surface area contributed by atoms with E-state index in [1.165, 1.54) is 0 Å². The van der Waals surface area contributed by atoms with E-state index < -0.39 is 0 Å². The lowest BCUT2D eigenvalue weighted by Gasteiger charge is -2.29. The summed E-state index contributed by atoms with van der Waals surface area (Å²) in [5.41, 5.74) is 1.49. The molecule has 0 spiro atoms. The molecule has 0 aromatic heterocycles. The van der Waals surface area contributed by atoms with E-state index >= 15 is 0 Å². The Labute approximate surface area is 137 Å². The third-order valence-corrected chi connectivity index (χ3v) is 3.94. The Morgan fingerprint density at radius 3 is 2.13 bits per heavy atom. The third-order valence-electron chi connectivity index (χ3n) is 3.94. The number of likely N-dealkylation sites (N-methyl/N-ethyl adjacent to an activating group) is 1.